The van der Waals surface area contributed by atoms with Crippen LogP contribution < -0.4 is 11.3 Å². The Morgan fingerprint density at radius 2 is 2.37 bits per heavy atom. The van der Waals surface area contributed by atoms with Gasteiger partial charge in [0, 0.05) is 30.2 Å². The predicted octanol–water partition coefficient (Wildman–Crippen LogP) is 1.12. The van der Waals surface area contributed by atoms with Crippen LogP contribution >= 0.6 is 11.8 Å². The summed E-state index contributed by atoms with van der Waals surface area (Å²) in [6.45, 7) is 0. The van der Waals surface area contributed by atoms with Crippen LogP contribution in [0.3, 0.4) is 0 Å². The predicted molar refractivity (Wildman–Crippen MR) is 72.9 cm³/mol. The van der Waals surface area contributed by atoms with Crippen LogP contribution in [0.15, 0.2) is 35.5 Å². The van der Waals surface area contributed by atoms with Crippen LogP contribution in [-0.2, 0) is 13.5 Å². The van der Waals surface area contributed by atoms with Gasteiger partial charge in [0.1, 0.15) is 18.0 Å². The molecular formula is C12H16FN5S. The highest BCUT2D eigenvalue weighted by Gasteiger charge is 2.12. The maximum Gasteiger partial charge on any atom is 0.138 e. The van der Waals surface area contributed by atoms with Crippen LogP contribution in [0.1, 0.15) is 5.82 Å². The molecule has 1 aromatic heterocycles. The number of nitrogens with one attached hydrogen (secondary N) is 1. The van der Waals surface area contributed by atoms with Gasteiger partial charge in [0.15, 0.2) is 0 Å². The summed E-state index contributed by atoms with van der Waals surface area (Å²) in [7, 11) is 1.84. The molecule has 2 rings (SSSR count). The molecule has 19 heavy (non-hydrogen) atoms. The van der Waals surface area contributed by atoms with Crippen molar-refractivity contribution in [3.8, 4) is 0 Å². The van der Waals surface area contributed by atoms with Crippen molar-refractivity contribution in [2.45, 2.75) is 17.4 Å². The molecule has 2 aromatic rings. The Morgan fingerprint density at radius 1 is 1.53 bits per heavy atom. The van der Waals surface area contributed by atoms with E-state index in [1.807, 2.05) is 13.1 Å². The van der Waals surface area contributed by atoms with Crippen molar-refractivity contribution in [3.05, 3.63) is 42.2 Å². The molecule has 0 amide bonds. The molecule has 0 aliphatic heterocycles. The van der Waals surface area contributed by atoms with Crippen molar-refractivity contribution in [1.82, 2.24) is 20.2 Å². The number of nitrogens with two attached hydrogens (primary N) is 1. The summed E-state index contributed by atoms with van der Waals surface area (Å²) in [5, 5.41) is 4.01. The Bertz CT molecular complexity index is 530. The molecule has 0 spiro atoms. The molecule has 1 heterocycles. The van der Waals surface area contributed by atoms with Gasteiger partial charge >= 0.3 is 0 Å². The number of aromatic nitrogens is 3. The summed E-state index contributed by atoms with van der Waals surface area (Å²) in [4.78, 5) is 5.05. The molecule has 3 N–H and O–H groups in total. The third kappa shape index (κ3) is 4.02. The van der Waals surface area contributed by atoms with Crippen molar-refractivity contribution in [2.24, 2.45) is 12.9 Å². The molecule has 0 aliphatic carbocycles. The van der Waals surface area contributed by atoms with Crippen LogP contribution in [0.5, 0.6) is 0 Å². The van der Waals surface area contributed by atoms with Crippen molar-refractivity contribution in [1.29, 1.82) is 0 Å². The highest BCUT2D eigenvalue weighted by atomic mass is 32.2. The highest BCUT2D eigenvalue weighted by molar-refractivity contribution is 7.99. The van der Waals surface area contributed by atoms with E-state index in [2.05, 4.69) is 15.5 Å². The van der Waals surface area contributed by atoms with E-state index in [9.17, 15) is 4.39 Å². The Labute approximate surface area is 115 Å². The topological polar surface area (TPSA) is 68.8 Å². The minimum atomic E-state index is -0.226. The molecule has 0 saturated carbocycles. The van der Waals surface area contributed by atoms with Crippen molar-refractivity contribution in [3.63, 3.8) is 0 Å². The molecule has 7 heteroatoms. The lowest BCUT2D eigenvalue weighted by Gasteiger charge is -2.14. The zero-order valence-corrected chi connectivity index (χ0v) is 11.4. The number of hydrogen-bond acceptors (Lipinski definition) is 5. The average molecular weight is 281 g/mol. The fourth-order valence-corrected chi connectivity index (χ4v) is 2.62. The van der Waals surface area contributed by atoms with Gasteiger partial charge in [-0.1, -0.05) is 6.07 Å². The second-order valence-electron chi connectivity index (χ2n) is 4.14. The molecule has 0 radical (unpaired) electrons. The van der Waals surface area contributed by atoms with Gasteiger partial charge in [-0.05, 0) is 18.2 Å². The summed E-state index contributed by atoms with van der Waals surface area (Å²) in [6.07, 6.45) is 2.19. The average Bonchev–Trinajstić information content (AvgIpc) is 2.80. The molecule has 0 aliphatic rings. The van der Waals surface area contributed by atoms with Crippen LogP contribution in [-0.4, -0.2) is 26.6 Å². The van der Waals surface area contributed by atoms with E-state index in [1.165, 1.54) is 18.5 Å². The smallest absolute Gasteiger partial charge is 0.138 e. The summed E-state index contributed by atoms with van der Waals surface area (Å²) < 4.78 is 14.8. The first-order valence-corrected chi connectivity index (χ1v) is 6.85. The number of hydrogen-bond donors (Lipinski definition) is 2. The zero-order chi connectivity index (χ0) is 13.7. The molecule has 1 unspecified atom stereocenters. The number of nitrogens with zero attached hydrogens (tertiary/aromatic N) is 3. The molecule has 5 nitrogen and oxygen atoms in total. The molecule has 1 atom stereocenters. The first-order chi connectivity index (χ1) is 9.19. The lowest BCUT2D eigenvalue weighted by Crippen LogP contribution is -2.39. The lowest BCUT2D eigenvalue weighted by molar-refractivity contribution is 0.543. The van der Waals surface area contributed by atoms with Gasteiger partial charge in [0.25, 0.3) is 0 Å². The monoisotopic (exact) mass is 281 g/mol. The quantitative estimate of drug-likeness (QED) is 0.472. The van der Waals surface area contributed by atoms with Crippen LogP contribution in [0, 0.1) is 5.82 Å². The van der Waals surface area contributed by atoms with Gasteiger partial charge < -0.3 is 0 Å². The fourth-order valence-electron chi connectivity index (χ4n) is 1.64. The SMILES string of the molecule is Cn1ncnc1CC(CSc1cccc(F)c1)NN. The number of benzene rings is 1. The van der Waals surface area contributed by atoms with E-state index in [-0.39, 0.29) is 11.9 Å². The minimum Gasteiger partial charge on any atom is -0.271 e. The van der Waals surface area contributed by atoms with Crippen molar-refractivity contribution < 1.29 is 4.39 Å². The van der Waals surface area contributed by atoms with Crippen molar-refractivity contribution in [2.75, 3.05) is 5.75 Å². The van der Waals surface area contributed by atoms with Gasteiger partial charge in [-0.3, -0.25) is 16.0 Å². The maximum absolute atomic E-state index is 13.1. The summed E-state index contributed by atoms with van der Waals surface area (Å²) in [5.74, 6) is 6.90. The van der Waals surface area contributed by atoms with Crippen LogP contribution in [0.4, 0.5) is 4.39 Å². The third-order valence-corrected chi connectivity index (χ3v) is 3.87. The first kappa shape index (κ1) is 14.0. The summed E-state index contributed by atoms with van der Waals surface area (Å²) in [6, 6.07) is 6.58. The number of halogens is 1. The molecule has 102 valence electrons. The Morgan fingerprint density at radius 3 is 3.00 bits per heavy atom. The Hall–Kier alpha value is -1.44. The van der Waals surface area contributed by atoms with E-state index in [4.69, 9.17) is 5.84 Å². The number of thioether (sulfide) groups is 1. The Balaban J connectivity index is 1.91. The molecule has 1 aromatic carbocycles. The Kier molecular flexibility index (Phi) is 4.89. The van der Waals surface area contributed by atoms with E-state index < -0.39 is 0 Å². The van der Waals surface area contributed by atoms with E-state index in [0.29, 0.717) is 6.42 Å². The number of aryl methyl sites for hydroxylation is 1. The van der Waals surface area contributed by atoms with Crippen LogP contribution in [0.2, 0.25) is 0 Å². The van der Waals surface area contributed by atoms with E-state index >= 15 is 0 Å². The number of rotatable bonds is 6. The highest BCUT2D eigenvalue weighted by Crippen LogP contribution is 2.20. The fraction of sp³-hybridized carbons (Fsp3) is 0.333. The third-order valence-electron chi connectivity index (χ3n) is 2.72. The van der Waals surface area contributed by atoms with Gasteiger partial charge in [-0.15, -0.1) is 11.8 Å². The minimum absolute atomic E-state index is 0.0520. The standard InChI is InChI=1S/C12H16FN5S/c1-18-12(15-8-16-18)6-10(17-14)7-19-11-4-2-3-9(13)5-11/h2-5,8,10,17H,6-7,14H2,1H3. The van der Waals surface area contributed by atoms with Gasteiger partial charge in [0.05, 0.1) is 0 Å². The molecular weight excluding hydrogens is 265 g/mol. The largest absolute Gasteiger partial charge is 0.271 e. The van der Waals surface area contributed by atoms with Gasteiger partial charge in [-0.25, -0.2) is 9.37 Å². The van der Waals surface area contributed by atoms with Crippen molar-refractivity contribution >= 4 is 11.8 Å². The van der Waals surface area contributed by atoms with Gasteiger partial charge in [0.2, 0.25) is 0 Å². The van der Waals surface area contributed by atoms with E-state index in [1.54, 1.807) is 22.5 Å². The number of hydrazine groups is 1. The van der Waals surface area contributed by atoms with E-state index in [0.717, 1.165) is 16.5 Å². The molecule has 0 saturated heterocycles. The summed E-state index contributed by atoms with van der Waals surface area (Å²) in [5.41, 5.74) is 2.76. The first-order valence-electron chi connectivity index (χ1n) is 5.86. The van der Waals surface area contributed by atoms with Gasteiger partial charge in [-0.2, -0.15) is 5.10 Å². The normalized spacial score (nSPS) is 12.6. The van der Waals surface area contributed by atoms with Crippen LogP contribution in [0.25, 0.3) is 0 Å². The summed E-state index contributed by atoms with van der Waals surface area (Å²) >= 11 is 1.56. The zero-order valence-electron chi connectivity index (χ0n) is 10.6. The lowest BCUT2D eigenvalue weighted by atomic mass is 10.2. The molecule has 0 fully saturated rings. The maximum atomic E-state index is 13.1. The second-order valence-corrected chi connectivity index (χ2v) is 5.23. The molecule has 0 bridgehead atoms. The second kappa shape index (κ2) is 6.65.